The van der Waals surface area contributed by atoms with Gasteiger partial charge >= 0.3 is 5.97 Å². The third-order valence-corrected chi connectivity index (χ3v) is 3.48. The Hall–Kier alpha value is -2.18. The van der Waals surface area contributed by atoms with Crippen LogP contribution in [-0.2, 0) is 9.53 Å². The van der Waals surface area contributed by atoms with Crippen molar-refractivity contribution in [3.63, 3.8) is 0 Å². The highest BCUT2D eigenvalue weighted by atomic mass is 16.5. The van der Waals surface area contributed by atoms with Crippen LogP contribution in [0.3, 0.4) is 0 Å². The van der Waals surface area contributed by atoms with Crippen molar-refractivity contribution in [1.29, 1.82) is 0 Å². The van der Waals surface area contributed by atoms with E-state index in [9.17, 15) is 9.59 Å². The maximum Gasteiger partial charge on any atom is 0.325 e. The van der Waals surface area contributed by atoms with Crippen LogP contribution in [-0.4, -0.2) is 41.5 Å². The maximum atomic E-state index is 11.9. The van der Waals surface area contributed by atoms with Gasteiger partial charge < -0.3 is 15.4 Å². The molecule has 0 bridgehead atoms. The second-order valence-corrected chi connectivity index (χ2v) is 5.03. The molecule has 1 aliphatic rings. The van der Waals surface area contributed by atoms with Gasteiger partial charge in [-0.2, -0.15) is 0 Å². The lowest BCUT2D eigenvalue weighted by atomic mass is 9.95. The summed E-state index contributed by atoms with van der Waals surface area (Å²) < 4.78 is 4.46. The molecule has 1 amide bonds. The molecular formula is C14H20N4O3. The first-order valence-electron chi connectivity index (χ1n) is 7.12. The second-order valence-electron chi connectivity index (χ2n) is 5.03. The van der Waals surface area contributed by atoms with Crippen LogP contribution in [0.1, 0.15) is 42.6 Å². The smallest absolute Gasteiger partial charge is 0.325 e. The Morgan fingerprint density at radius 3 is 2.76 bits per heavy atom. The van der Waals surface area contributed by atoms with Gasteiger partial charge in [0.15, 0.2) is 0 Å². The summed E-state index contributed by atoms with van der Waals surface area (Å²) in [5, 5.41) is 5.78. The van der Waals surface area contributed by atoms with E-state index in [1.54, 1.807) is 6.07 Å². The van der Waals surface area contributed by atoms with Crippen molar-refractivity contribution in [3.8, 4) is 0 Å². The quantitative estimate of drug-likeness (QED) is 0.790. The molecule has 1 saturated carbocycles. The fraction of sp³-hybridized carbons (Fsp3) is 0.571. The molecule has 1 aliphatic carbocycles. The average molecular weight is 292 g/mol. The lowest BCUT2D eigenvalue weighted by Gasteiger charge is -2.23. The zero-order chi connectivity index (χ0) is 15.1. The second kappa shape index (κ2) is 7.56. The van der Waals surface area contributed by atoms with Crippen molar-refractivity contribution >= 4 is 17.7 Å². The van der Waals surface area contributed by atoms with E-state index in [1.807, 2.05) is 0 Å². The molecule has 1 aromatic heterocycles. The van der Waals surface area contributed by atoms with Gasteiger partial charge in [0.25, 0.3) is 5.91 Å². The summed E-state index contributed by atoms with van der Waals surface area (Å²) in [6.07, 6.45) is 7.30. The van der Waals surface area contributed by atoms with Gasteiger partial charge in [-0.25, -0.2) is 9.97 Å². The predicted molar refractivity (Wildman–Crippen MR) is 76.9 cm³/mol. The molecule has 1 heterocycles. The lowest BCUT2D eigenvalue weighted by Crippen LogP contribution is -2.31. The Kier molecular flexibility index (Phi) is 5.48. The Morgan fingerprint density at radius 1 is 1.29 bits per heavy atom. The highest BCUT2D eigenvalue weighted by Gasteiger charge is 2.15. The molecule has 0 aromatic carbocycles. The van der Waals surface area contributed by atoms with E-state index in [0.717, 1.165) is 12.8 Å². The zero-order valence-electron chi connectivity index (χ0n) is 12.1. The van der Waals surface area contributed by atoms with Crippen molar-refractivity contribution in [3.05, 3.63) is 18.1 Å². The van der Waals surface area contributed by atoms with E-state index in [-0.39, 0.29) is 12.2 Å². The number of esters is 1. The first-order valence-corrected chi connectivity index (χ1v) is 7.12. The minimum Gasteiger partial charge on any atom is -0.468 e. The van der Waals surface area contributed by atoms with Crippen molar-refractivity contribution in [2.75, 3.05) is 19.0 Å². The molecule has 114 valence electrons. The topological polar surface area (TPSA) is 93.2 Å². The van der Waals surface area contributed by atoms with Gasteiger partial charge in [-0.15, -0.1) is 0 Å². The number of aromatic nitrogens is 2. The van der Waals surface area contributed by atoms with Crippen LogP contribution in [0.5, 0.6) is 0 Å². The zero-order valence-corrected chi connectivity index (χ0v) is 12.1. The summed E-state index contributed by atoms with van der Waals surface area (Å²) >= 11 is 0. The minimum absolute atomic E-state index is 0.176. The standard InChI is InChI=1S/C14H20N4O3/c1-21-13(19)8-15-14(20)11-7-12(17-9-16-11)18-10-5-3-2-4-6-10/h7,9-10H,2-6,8H2,1H3,(H,15,20)(H,16,17,18). The van der Waals surface area contributed by atoms with Gasteiger partial charge in [0.2, 0.25) is 0 Å². The normalized spacial score (nSPS) is 15.3. The highest BCUT2D eigenvalue weighted by molar-refractivity contribution is 5.94. The van der Waals surface area contributed by atoms with E-state index < -0.39 is 11.9 Å². The van der Waals surface area contributed by atoms with Crippen molar-refractivity contribution in [2.45, 2.75) is 38.1 Å². The summed E-state index contributed by atoms with van der Waals surface area (Å²) in [5.41, 5.74) is 0.229. The number of carbonyl (C=O) groups is 2. The van der Waals surface area contributed by atoms with Gasteiger partial charge in [0.05, 0.1) is 7.11 Å². The Morgan fingerprint density at radius 2 is 2.05 bits per heavy atom. The third kappa shape index (κ3) is 4.70. The number of methoxy groups -OCH3 is 1. The fourth-order valence-corrected chi connectivity index (χ4v) is 2.33. The van der Waals surface area contributed by atoms with Gasteiger partial charge in [-0.05, 0) is 12.8 Å². The Labute approximate surface area is 123 Å². The van der Waals surface area contributed by atoms with Gasteiger partial charge in [-0.1, -0.05) is 19.3 Å². The summed E-state index contributed by atoms with van der Waals surface area (Å²) in [7, 11) is 1.27. The van der Waals surface area contributed by atoms with Crippen molar-refractivity contribution < 1.29 is 14.3 Å². The molecule has 2 rings (SSSR count). The maximum absolute atomic E-state index is 11.9. The molecule has 0 atom stereocenters. The first-order chi connectivity index (χ1) is 10.2. The van der Waals surface area contributed by atoms with E-state index in [1.165, 1.54) is 32.7 Å². The number of nitrogens with one attached hydrogen (secondary N) is 2. The number of hydrogen-bond acceptors (Lipinski definition) is 6. The van der Waals surface area contributed by atoms with Crippen LogP contribution in [0.25, 0.3) is 0 Å². The molecule has 0 spiro atoms. The molecular weight excluding hydrogens is 272 g/mol. The van der Waals surface area contributed by atoms with Gasteiger partial charge in [0, 0.05) is 12.1 Å². The number of anilines is 1. The molecule has 0 radical (unpaired) electrons. The molecule has 0 unspecified atom stereocenters. The molecule has 0 aliphatic heterocycles. The van der Waals surface area contributed by atoms with E-state index in [4.69, 9.17) is 0 Å². The largest absolute Gasteiger partial charge is 0.468 e. The molecule has 1 aromatic rings. The number of rotatable bonds is 5. The summed E-state index contributed by atoms with van der Waals surface area (Å²) in [5.74, 6) is -0.285. The lowest BCUT2D eigenvalue weighted by molar-refractivity contribution is -0.139. The summed E-state index contributed by atoms with van der Waals surface area (Å²) in [6.45, 7) is -0.176. The third-order valence-electron chi connectivity index (χ3n) is 3.48. The molecule has 21 heavy (non-hydrogen) atoms. The molecule has 7 heteroatoms. The number of nitrogens with zero attached hydrogens (tertiary/aromatic N) is 2. The average Bonchev–Trinajstić information content (AvgIpc) is 2.53. The van der Waals surface area contributed by atoms with Gasteiger partial charge in [-0.3, -0.25) is 9.59 Å². The Balaban J connectivity index is 1.93. The SMILES string of the molecule is COC(=O)CNC(=O)c1cc(NC2CCCCC2)ncn1. The van der Waals surface area contributed by atoms with Crippen LogP contribution in [0.15, 0.2) is 12.4 Å². The predicted octanol–water partition coefficient (Wildman–Crippen LogP) is 1.12. The van der Waals surface area contributed by atoms with Gasteiger partial charge in [0.1, 0.15) is 24.4 Å². The fourth-order valence-electron chi connectivity index (χ4n) is 2.33. The van der Waals surface area contributed by atoms with Crippen LogP contribution < -0.4 is 10.6 Å². The van der Waals surface area contributed by atoms with Crippen LogP contribution in [0.2, 0.25) is 0 Å². The highest BCUT2D eigenvalue weighted by Crippen LogP contribution is 2.20. The number of ether oxygens (including phenoxy) is 1. The number of hydrogen-bond donors (Lipinski definition) is 2. The number of amides is 1. The summed E-state index contributed by atoms with van der Waals surface area (Å²) in [6, 6.07) is 2.00. The minimum atomic E-state index is -0.502. The van der Waals surface area contributed by atoms with E-state index >= 15 is 0 Å². The van der Waals surface area contributed by atoms with E-state index in [0.29, 0.717) is 11.9 Å². The molecule has 1 fully saturated rings. The summed E-state index contributed by atoms with van der Waals surface area (Å²) in [4.78, 5) is 30.9. The number of carbonyl (C=O) groups excluding carboxylic acids is 2. The first kappa shape index (κ1) is 15.2. The molecule has 2 N–H and O–H groups in total. The van der Waals surface area contributed by atoms with Crippen LogP contribution in [0, 0.1) is 0 Å². The van der Waals surface area contributed by atoms with E-state index in [2.05, 4.69) is 25.3 Å². The molecule has 7 nitrogen and oxygen atoms in total. The Bertz CT molecular complexity index is 501. The molecule has 0 saturated heterocycles. The van der Waals surface area contributed by atoms with Crippen molar-refractivity contribution in [1.82, 2.24) is 15.3 Å². The monoisotopic (exact) mass is 292 g/mol. The van der Waals surface area contributed by atoms with Crippen LogP contribution in [0.4, 0.5) is 5.82 Å². The van der Waals surface area contributed by atoms with Crippen LogP contribution >= 0.6 is 0 Å². The van der Waals surface area contributed by atoms with Crippen molar-refractivity contribution in [2.24, 2.45) is 0 Å².